The van der Waals surface area contributed by atoms with Gasteiger partial charge in [0.1, 0.15) is 12.6 Å². The predicted molar refractivity (Wildman–Crippen MR) is 224 cm³/mol. The van der Waals surface area contributed by atoms with Crippen LogP contribution in [0.2, 0.25) is 0 Å². The molecule has 0 amide bonds. The zero-order valence-corrected chi connectivity index (χ0v) is 35.2. The average Bonchev–Trinajstić information content (AvgIpc) is 3.18. The number of anilines is 1. The van der Waals surface area contributed by atoms with Crippen molar-refractivity contribution in [1.82, 2.24) is 4.72 Å². The van der Waals surface area contributed by atoms with E-state index in [0.717, 1.165) is 27.8 Å². The summed E-state index contributed by atoms with van der Waals surface area (Å²) in [4.78, 5) is 18.7. The van der Waals surface area contributed by atoms with Crippen molar-refractivity contribution in [1.29, 1.82) is 10.8 Å². The molecule has 0 aromatic heterocycles. The Bertz CT molecular complexity index is 2440. The highest BCUT2D eigenvalue weighted by Crippen LogP contribution is 2.30. The van der Waals surface area contributed by atoms with Crippen LogP contribution in [0.3, 0.4) is 0 Å². The number of fused-ring (bicyclic) bond motifs is 1. The largest absolute Gasteiger partial charge is 0.460 e. The molecular weight excluding hydrogens is 823 g/mol. The summed E-state index contributed by atoms with van der Waals surface area (Å²) in [7, 11) is -8.32. The first kappa shape index (κ1) is 49.2. The molecule has 59 heavy (non-hydrogen) atoms. The summed E-state index contributed by atoms with van der Waals surface area (Å²) in [6, 6.07) is 30.6. The number of esters is 1. The monoisotopic (exact) mass is 869 g/mol. The van der Waals surface area contributed by atoms with Gasteiger partial charge in [-0.3, -0.25) is 18.9 Å². The molecule has 0 bridgehead atoms. The van der Waals surface area contributed by atoms with Crippen LogP contribution >= 0.6 is 0 Å². The van der Waals surface area contributed by atoms with Gasteiger partial charge < -0.3 is 21.1 Å². The van der Waals surface area contributed by atoms with Crippen LogP contribution in [-0.2, 0) is 46.4 Å². The number of aryl methyl sites for hydroxylation is 2. The molecule has 316 valence electrons. The number of aliphatic imine (C=N–C) groups is 1. The molecule has 1 atom stereocenters. The molecule has 0 aliphatic rings. The number of guanidine groups is 1. The van der Waals surface area contributed by atoms with Crippen molar-refractivity contribution >= 4 is 58.6 Å². The standard InChI is InChI=1S/C25H31N5O4S.2C7H8O3S.N2/c1-30(2)22-14-6-12-20-19(22)11-7-15-23(20)35(32,33)29-21(13-8-16-28-25(26)27)24(31)34-17-18-9-4-3-5-10-18;2*1-6-2-4-7(5-3-6)11(8,9)10;1-2/h3-7,9-12,14-15,21,29H,8,13,16-17H2,1-2H3,(H4,26,27,28);2*2-5H,1H3,(H,8,9,10);/t21-;;;/m0.../s1. The van der Waals surface area contributed by atoms with Gasteiger partial charge in [-0.2, -0.15) is 21.6 Å². The van der Waals surface area contributed by atoms with Gasteiger partial charge in [0, 0.05) is 47.9 Å². The van der Waals surface area contributed by atoms with E-state index < -0.39 is 42.3 Å². The Morgan fingerprint density at radius 3 is 1.69 bits per heavy atom. The van der Waals surface area contributed by atoms with Gasteiger partial charge in [0.05, 0.1) is 14.7 Å². The molecule has 0 spiro atoms. The van der Waals surface area contributed by atoms with Gasteiger partial charge in [-0.1, -0.05) is 90.0 Å². The highest BCUT2D eigenvalue weighted by Gasteiger charge is 2.28. The number of nitrogens with zero attached hydrogens (tertiary/aromatic N) is 4. The van der Waals surface area contributed by atoms with Gasteiger partial charge in [0.25, 0.3) is 20.2 Å². The van der Waals surface area contributed by atoms with E-state index in [0.29, 0.717) is 11.8 Å². The first-order valence-electron chi connectivity index (χ1n) is 17.4. The smallest absolute Gasteiger partial charge is 0.324 e. The van der Waals surface area contributed by atoms with Crippen molar-refractivity contribution in [3.05, 3.63) is 132 Å². The van der Waals surface area contributed by atoms with Crippen LogP contribution in [0.15, 0.2) is 135 Å². The molecule has 0 aliphatic heterocycles. The Morgan fingerprint density at radius 2 is 1.22 bits per heavy atom. The van der Waals surface area contributed by atoms with E-state index in [1.807, 2.05) is 75.3 Å². The van der Waals surface area contributed by atoms with Gasteiger partial charge >= 0.3 is 5.97 Å². The molecule has 7 N–H and O–H groups in total. The van der Waals surface area contributed by atoms with Crippen molar-refractivity contribution in [2.45, 2.75) is 54.0 Å². The minimum absolute atomic E-state index is 0.0340. The van der Waals surface area contributed by atoms with E-state index in [4.69, 9.17) is 36.1 Å². The Morgan fingerprint density at radius 1 is 0.729 bits per heavy atom. The summed E-state index contributed by atoms with van der Waals surface area (Å²) in [5.74, 6) is -0.738. The van der Waals surface area contributed by atoms with Crippen molar-refractivity contribution in [2.75, 3.05) is 25.5 Å². The van der Waals surface area contributed by atoms with Crippen LogP contribution in [0.1, 0.15) is 29.5 Å². The summed E-state index contributed by atoms with van der Waals surface area (Å²) in [5, 5.41) is 13.3. The number of rotatable bonds is 13. The zero-order valence-electron chi connectivity index (χ0n) is 32.7. The fraction of sp³-hybridized carbons (Fsp3) is 0.231. The lowest BCUT2D eigenvalue weighted by molar-refractivity contribution is -0.147. The number of hydrogen-bond acceptors (Lipinski definition) is 12. The van der Waals surface area contributed by atoms with E-state index in [1.165, 1.54) is 30.3 Å². The first-order chi connectivity index (χ1) is 27.7. The summed E-state index contributed by atoms with van der Waals surface area (Å²) < 4.78 is 94.0. The topological polar surface area (TPSA) is 296 Å². The maximum atomic E-state index is 13.5. The Hall–Kier alpha value is -5.95. The van der Waals surface area contributed by atoms with Crippen LogP contribution in [0, 0.1) is 24.6 Å². The second-order valence-corrected chi connectivity index (χ2v) is 17.3. The number of carbonyl (C=O) groups excluding carboxylic acids is 1. The first-order valence-corrected chi connectivity index (χ1v) is 21.8. The number of nitrogens with one attached hydrogen (secondary N) is 1. The molecule has 0 saturated carbocycles. The third-order valence-corrected chi connectivity index (χ3v) is 11.3. The van der Waals surface area contributed by atoms with Gasteiger partial charge in [-0.15, -0.1) is 0 Å². The second-order valence-electron chi connectivity index (χ2n) is 12.8. The molecule has 5 rings (SSSR count). The molecule has 0 fully saturated rings. The average molecular weight is 870 g/mol. The van der Waals surface area contributed by atoms with Crippen molar-refractivity contribution in [3.63, 3.8) is 0 Å². The third-order valence-electron chi connectivity index (χ3n) is 8.02. The lowest BCUT2D eigenvalue weighted by Gasteiger charge is -2.20. The van der Waals surface area contributed by atoms with E-state index >= 15 is 0 Å². The predicted octanol–water partition coefficient (Wildman–Crippen LogP) is 4.86. The van der Waals surface area contributed by atoms with Crippen molar-refractivity contribution in [3.8, 4) is 0 Å². The van der Waals surface area contributed by atoms with Gasteiger partial charge in [-0.05, 0) is 68.7 Å². The number of benzene rings is 5. The zero-order chi connectivity index (χ0) is 44.4. The van der Waals surface area contributed by atoms with Crippen LogP contribution in [0.5, 0.6) is 0 Å². The Kier molecular flexibility index (Phi) is 19.1. The maximum absolute atomic E-state index is 13.5. The lowest BCUT2D eigenvalue weighted by Crippen LogP contribution is -2.42. The Balaban J connectivity index is 0.000000404. The number of ether oxygens (including phenoxy) is 1. The number of sulfonamides is 1. The van der Waals surface area contributed by atoms with Crippen LogP contribution in [-0.4, -0.2) is 73.0 Å². The molecule has 0 radical (unpaired) electrons. The summed E-state index contributed by atoms with van der Waals surface area (Å²) in [6.45, 7) is 3.97. The maximum Gasteiger partial charge on any atom is 0.324 e. The third kappa shape index (κ3) is 16.4. The van der Waals surface area contributed by atoms with Gasteiger partial charge in [-0.25, -0.2) is 8.42 Å². The van der Waals surface area contributed by atoms with Crippen molar-refractivity contribution < 1.29 is 43.9 Å². The summed E-state index contributed by atoms with van der Waals surface area (Å²) in [5.41, 5.74) is 14.3. The minimum atomic E-state index is -4.06. The lowest BCUT2D eigenvalue weighted by atomic mass is 10.1. The molecule has 0 unspecified atom stereocenters. The highest BCUT2D eigenvalue weighted by atomic mass is 32.2. The normalized spacial score (nSPS) is 11.5. The number of carbonyl (C=O) groups is 1. The highest BCUT2D eigenvalue weighted by molar-refractivity contribution is 7.89. The number of nitrogens with two attached hydrogens (primary N) is 2. The summed E-state index contributed by atoms with van der Waals surface area (Å²) in [6.07, 6.45) is 0.545. The molecule has 5 aromatic carbocycles. The molecular formula is C39H47N7O10S3. The minimum Gasteiger partial charge on any atom is -0.460 e. The van der Waals surface area contributed by atoms with E-state index in [2.05, 4.69) is 9.71 Å². The molecule has 0 aliphatic carbocycles. The SMILES string of the molecule is CN(C)c1cccc2c(S(=O)(=O)N[C@@H](CCCN=C(N)N)C(=O)OCc3ccccc3)cccc12.Cc1ccc(S(=O)(=O)O)cc1.Cc1ccc(S(=O)(=O)O)cc1.N#N. The van der Waals surface area contributed by atoms with E-state index in [1.54, 1.807) is 42.5 Å². The summed E-state index contributed by atoms with van der Waals surface area (Å²) >= 11 is 0. The van der Waals surface area contributed by atoms with E-state index in [-0.39, 0.29) is 40.2 Å². The van der Waals surface area contributed by atoms with E-state index in [9.17, 15) is 30.0 Å². The molecule has 0 heterocycles. The quantitative estimate of drug-likeness (QED) is 0.0264. The van der Waals surface area contributed by atoms with Crippen LogP contribution < -0.4 is 21.1 Å². The van der Waals surface area contributed by atoms with Crippen LogP contribution in [0.25, 0.3) is 10.8 Å². The van der Waals surface area contributed by atoms with Crippen molar-refractivity contribution in [2.24, 2.45) is 16.5 Å². The fourth-order valence-corrected chi connectivity index (χ4v) is 7.52. The molecule has 17 nitrogen and oxygen atoms in total. The fourth-order valence-electron chi connectivity index (χ4n) is 5.12. The Labute approximate surface area is 344 Å². The van der Waals surface area contributed by atoms with Gasteiger partial charge in [0.15, 0.2) is 5.96 Å². The number of hydrogen-bond donors (Lipinski definition) is 5. The second kappa shape index (κ2) is 22.8. The van der Waals surface area contributed by atoms with Crippen LogP contribution in [0.4, 0.5) is 5.69 Å². The molecule has 0 saturated heterocycles. The molecule has 20 heteroatoms. The van der Waals surface area contributed by atoms with Gasteiger partial charge in [0.2, 0.25) is 10.0 Å². The molecule has 5 aromatic rings.